The Labute approximate surface area is 112 Å². The lowest BCUT2D eigenvalue weighted by Gasteiger charge is -2.39. The molecule has 2 nitrogen and oxygen atoms in total. The van der Waals surface area contributed by atoms with Crippen LogP contribution < -0.4 is 0 Å². The number of hydrogen-bond acceptors (Lipinski definition) is 2. The van der Waals surface area contributed by atoms with E-state index in [1.54, 1.807) is 0 Å². The van der Waals surface area contributed by atoms with Crippen LogP contribution in [0, 0.1) is 28.6 Å². The topological polar surface area (TPSA) is 27.0 Å². The van der Waals surface area contributed by atoms with Crippen molar-refractivity contribution in [2.24, 2.45) is 17.3 Å². The highest BCUT2D eigenvalue weighted by Gasteiger charge is 2.35. The van der Waals surface area contributed by atoms with Gasteiger partial charge in [0.25, 0.3) is 0 Å². The van der Waals surface area contributed by atoms with Crippen LogP contribution in [-0.4, -0.2) is 24.0 Å². The molecule has 0 amide bonds. The third-order valence-electron chi connectivity index (χ3n) is 5.11. The van der Waals surface area contributed by atoms with Crippen molar-refractivity contribution in [3.8, 4) is 6.07 Å². The normalized spacial score (nSPS) is 32.1. The van der Waals surface area contributed by atoms with E-state index >= 15 is 0 Å². The fourth-order valence-corrected chi connectivity index (χ4v) is 3.81. The molecule has 2 fully saturated rings. The average molecular weight is 248 g/mol. The van der Waals surface area contributed by atoms with Crippen molar-refractivity contribution in [1.82, 2.24) is 4.90 Å². The summed E-state index contributed by atoms with van der Waals surface area (Å²) in [6.45, 7) is 9.38. The molecule has 0 N–H and O–H groups in total. The maximum Gasteiger partial charge on any atom is 0.101 e. The smallest absolute Gasteiger partial charge is 0.101 e. The molecule has 102 valence electrons. The van der Waals surface area contributed by atoms with Gasteiger partial charge in [-0.2, -0.15) is 5.26 Å². The standard InChI is InChI=1S/C16H28N2/c1-16(2,3)14-8-6-13(7-9-14)15(12-17)18-10-4-5-11-18/h13-15H,4-11H2,1-3H3. The van der Waals surface area contributed by atoms with Crippen LogP contribution in [0.15, 0.2) is 0 Å². The molecule has 1 atom stereocenters. The van der Waals surface area contributed by atoms with E-state index in [1.807, 2.05) is 0 Å². The summed E-state index contributed by atoms with van der Waals surface area (Å²) in [6, 6.07) is 2.80. The first-order valence-corrected chi connectivity index (χ1v) is 7.66. The predicted octanol–water partition coefficient (Wildman–Crippen LogP) is 3.83. The monoisotopic (exact) mass is 248 g/mol. The summed E-state index contributed by atoms with van der Waals surface area (Å²) in [4.78, 5) is 2.43. The maximum absolute atomic E-state index is 9.47. The highest BCUT2D eigenvalue weighted by atomic mass is 15.2. The summed E-state index contributed by atoms with van der Waals surface area (Å²) >= 11 is 0. The summed E-state index contributed by atoms with van der Waals surface area (Å²) < 4.78 is 0. The lowest BCUT2D eigenvalue weighted by Crippen LogP contribution is -2.40. The first-order valence-electron chi connectivity index (χ1n) is 7.66. The van der Waals surface area contributed by atoms with E-state index in [4.69, 9.17) is 0 Å². The SMILES string of the molecule is CC(C)(C)C1CCC(C(C#N)N2CCCC2)CC1. The largest absolute Gasteiger partial charge is 0.288 e. The number of likely N-dealkylation sites (tertiary alicyclic amines) is 1. The number of nitriles is 1. The van der Waals surface area contributed by atoms with Crippen LogP contribution in [0.25, 0.3) is 0 Å². The van der Waals surface area contributed by atoms with E-state index < -0.39 is 0 Å². The van der Waals surface area contributed by atoms with Gasteiger partial charge in [0.15, 0.2) is 0 Å². The van der Waals surface area contributed by atoms with Crippen LogP contribution in [0.5, 0.6) is 0 Å². The molecule has 18 heavy (non-hydrogen) atoms. The molecule has 0 aromatic carbocycles. The summed E-state index contributed by atoms with van der Waals surface area (Å²) in [5.74, 6) is 1.48. The first kappa shape index (κ1) is 13.9. The van der Waals surface area contributed by atoms with Crippen LogP contribution >= 0.6 is 0 Å². The fourth-order valence-electron chi connectivity index (χ4n) is 3.81. The third-order valence-corrected chi connectivity index (χ3v) is 5.11. The Hall–Kier alpha value is -0.550. The van der Waals surface area contributed by atoms with Gasteiger partial charge < -0.3 is 0 Å². The Kier molecular flexibility index (Phi) is 4.33. The number of rotatable bonds is 2. The molecule has 1 heterocycles. The zero-order valence-corrected chi connectivity index (χ0v) is 12.3. The lowest BCUT2D eigenvalue weighted by atomic mass is 9.68. The number of nitrogens with zero attached hydrogens (tertiary/aromatic N) is 2. The molecule has 1 unspecified atom stereocenters. The molecule has 0 aromatic rings. The first-order chi connectivity index (χ1) is 8.52. The highest BCUT2D eigenvalue weighted by molar-refractivity contribution is 4.99. The van der Waals surface area contributed by atoms with Gasteiger partial charge in [0.1, 0.15) is 6.04 Å². The summed E-state index contributed by atoms with van der Waals surface area (Å²) in [5.41, 5.74) is 0.445. The molecular formula is C16H28N2. The third kappa shape index (κ3) is 3.06. The van der Waals surface area contributed by atoms with Gasteiger partial charge >= 0.3 is 0 Å². The van der Waals surface area contributed by atoms with Gasteiger partial charge in [0, 0.05) is 0 Å². The minimum absolute atomic E-state index is 0.202. The van der Waals surface area contributed by atoms with Gasteiger partial charge in [0.2, 0.25) is 0 Å². The zero-order valence-electron chi connectivity index (χ0n) is 12.3. The van der Waals surface area contributed by atoms with Gasteiger partial charge in [0.05, 0.1) is 6.07 Å². The van der Waals surface area contributed by atoms with Gasteiger partial charge in [-0.05, 0) is 68.9 Å². The Morgan fingerprint density at radius 2 is 1.61 bits per heavy atom. The molecule has 1 saturated carbocycles. The molecule has 0 bridgehead atoms. The molecule has 2 aliphatic rings. The zero-order chi connectivity index (χ0) is 13.2. The van der Waals surface area contributed by atoms with Crippen LogP contribution in [0.2, 0.25) is 0 Å². The summed E-state index contributed by atoms with van der Waals surface area (Å²) in [5, 5.41) is 9.47. The van der Waals surface area contributed by atoms with Gasteiger partial charge in [-0.3, -0.25) is 4.90 Å². The van der Waals surface area contributed by atoms with E-state index in [-0.39, 0.29) is 6.04 Å². The highest BCUT2D eigenvalue weighted by Crippen LogP contribution is 2.41. The second kappa shape index (κ2) is 5.61. The maximum atomic E-state index is 9.47. The predicted molar refractivity (Wildman–Crippen MR) is 75.1 cm³/mol. The summed E-state index contributed by atoms with van der Waals surface area (Å²) in [6.07, 6.45) is 7.73. The van der Waals surface area contributed by atoms with E-state index in [9.17, 15) is 5.26 Å². The minimum Gasteiger partial charge on any atom is -0.288 e. The average Bonchev–Trinajstić information content (AvgIpc) is 2.83. The molecular weight excluding hydrogens is 220 g/mol. The van der Waals surface area contributed by atoms with Crippen molar-refractivity contribution >= 4 is 0 Å². The van der Waals surface area contributed by atoms with E-state index in [0.29, 0.717) is 11.3 Å². The second-order valence-corrected chi connectivity index (χ2v) is 7.29. The van der Waals surface area contributed by atoms with Crippen molar-refractivity contribution in [3.05, 3.63) is 0 Å². The molecule has 1 aliphatic heterocycles. The fraction of sp³-hybridized carbons (Fsp3) is 0.938. The van der Waals surface area contributed by atoms with Crippen LogP contribution in [0.4, 0.5) is 0 Å². The van der Waals surface area contributed by atoms with Crippen molar-refractivity contribution in [1.29, 1.82) is 5.26 Å². The van der Waals surface area contributed by atoms with Crippen LogP contribution in [0.1, 0.15) is 59.3 Å². The quantitative estimate of drug-likeness (QED) is 0.742. The van der Waals surface area contributed by atoms with Crippen LogP contribution in [-0.2, 0) is 0 Å². The molecule has 0 aromatic heterocycles. The van der Waals surface area contributed by atoms with Crippen molar-refractivity contribution < 1.29 is 0 Å². The molecule has 0 radical (unpaired) electrons. The van der Waals surface area contributed by atoms with Crippen molar-refractivity contribution in [2.75, 3.05) is 13.1 Å². The Balaban J connectivity index is 1.90. The molecule has 2 rings (SSSR count). The minimum atomic E-state index is 0.202. The Bertz CT molecular complexity index is 296. The second-order valence-electron chi connectivity index (χ2n) is 7.29. The molecule has 1 aliphatic carbocycles. The van der Waals surface area contributed by atoms with Gasteiger partial charge in [-0.25, -0.2) is 0 Å². The van der Waals surface area contributed by atoms with Crippen molar-refractivity contribution in [3.63, 3.8) is 0 Å². The Morgan fingerprint density at radius 1 is 1.06 bits per heavy atom. The number of hydrogen-bond donors (Lipinski definition) is 0. The van der Waals surface area contributed by atoms with E-state index in [0.717, 1.165) is 19.0 Å². The van der Waals surface area contributed by atoms with E-state index in [2.05, 4.69) is 31.7 Å². The Morgan fingerprint density at radius 3 is 2.06 bits per heavy atom. The van der Waals surface area contributed by atoms with Crippen LogP contribution in [0.3, 0.4) is 0 Å². The van der Waals surface area contributed by atoms with Gasteiger partial charge in [-0.1, -0.05) is 20.8 Å². The lowest BCUT2D eigenvalue weighted by molar-refractivity contribution is 0.111. The molecule has 2 heteroatoms. The van der Waals surface area contributed by atoms with Crippen molar-refractivity contribution in [2.45, 2.75) is 65.3 Å². The summed E-state index contributed by atoms with van der Waals surface area (Å²) in [7, 11) is 0. The molecule has 1 saturated heterocycles. The van der Waals surface area contributed by atoms with Gasteiger partial charge in [-0.15, -0.1) is 0 Å². The van der Waals surface area contributed by atoms with E-state index in [1.165, 1.54) is 38.5 Å². The molecule has 0 spiro atoms.